The summed E-state index contributed by atoms with van der Waals surface area (Å²) in [6, 6.07) is -1.18. The van der Waals surface area contributed by atoms with Gasteiger partial charge in [-0.1, -0.05) is 0 Å². The van der Waals surface area contributed by atoms with Crippen molar-refractivity contribution in [3.8, 4) is 0 Å². The van der Waals surface area contributed by atoms with Crippen LogP contribution in [-0.2, 0) is 14.3 Å². The van der Waals surface area contributed by atoms with Crippen LogP contribution in [0.1, 0.15) is 19.8 Å². The van der Waals surface area contributed by atoms with Crippen LogP contribution in [0.3, 0.4) is 0 Å². The van der Waals surface area contributed by atoms with Crippen molar-refractivity contribution in [2.75, 3.05) is 40.3 Å². The van der Waals surface area contributed by atoms with Crippen molar-refractivity contribution < 1.29 is 14.3 Å². The van der Waals surface area contributed by atoms with Crippen LogP contribution in [0.5, 0.6) is 0 Å². The minimum Gasteiger partial charge on any atom is -0.464 e. The summed E-state index contributed by atoms with van der Waals surface area (Å²) in [5.74, 6) is -0.345. The molecule has 1 saturated heterocycles. The first kappa shape index (κ1) is 15.9. The molecule has 1 heterocycles. The maximum Gasteiger partial charge on any atom is 0.332 e. The number of ether oxygens (including phenoxy) is 1. The maximum atomic E-state index is 12.0. The number of hydrogen-bond acceptors (Lipinski definition) is 5. The zero-order valence-electron chi connectivity index (χ0n) is 12.1. The fourth-order valence-corrected chi connectivity index (χ4v) is 2.38. The SMILES string of the molecule is CCOC(=O)C(N)C(=O)N1CCC(CN(C)C)CC1. The second-order valence-corrected chi connectivity index (χ2v) is 5.26. The molecule has 1 amide bonds. The Bertz CT molecular complexity index is 312. The number of carbonyl (C=O) groups is 2. The van der Waals surface area contributed by atoms with Gasteiger partial charge in [-0.05, 0) is 39.8 Å². The average molecular weight is 271 g/mol. The highest BCUT2D eigenvalue weighted by Gasteiger charge is 2.30. The summed E-state index contributed by atoms with van der Waals surface area (Å²) in [5, 5.41) is 0. The minimum atomic E-state index is -1.18. The third-order valence-electron chi connectivity index (χ3n) is 3.36. The molecule has 6 nitrogen and oxygen atoms in total. The molecular formula is C13H25N3O3. The lowest BCUT2D eigenvalue weighted by molar-refractivity contribution is -0.151. The van der Waals surface area contributed by atoms with Gasteiger partial charge in [-0.15, -0.1) is 0 Å². The Balaban J connectivity index is 2.42. The van der Waals surface area contributed by atoms with Crippen molar-refractivity contribution in [2.24, 2.45) is 11.7 Å². The van der Waals surface area contributed by atoms with E-state index in [1.165, 1.54) is 0 Å². The summed E-state index contributed by atoms with van der Waals surface area (Å²) in [7, 11) is 4.10. The number of carbonyl (C=O) groups excluding carboxylic acids is 2. The van der Waals surface area contributed by atoms with Gasteiger partial charge in [0, 0.05) is 19.6 Å². The van der Waals surface area contributed by atoms with Gasteiger partial charge in [0.2, 0.25) is 0 Å². The fourth-order valence-electron chi connectivity index (χ4n) is 2.38. The van der Waals surface area contributed by atoms with Crippen molar-refractivity contribution in [2.45, 2.75) is 25.8 Å². The topological polar surface area (TPSA) is 75.9 Å². The Morgan fingerprint density at radius 3 is 2.42 bits per heavy atom. The number of likely N-dealkylation sites (tertiary alicyclic amines) is 1. The van der Waals surface area contributed by atoms with Gasteiger partial charge in [0.25, 0.3) is 5.91 Å². The summed E-state index contributed by atoms with van der Waals surface area (Å²) in [5.41, 5.74) is 5.62. The molecule has 0 aromatic rings. The van der Waals surface area contributed by atoms with Crippen LogP contribution in [0.15, 0.2) is 0 Å². The standard InChI is InChI=1S/C13H25N3O3/c1-4-19-13(18)11(14)12(17)16-7-5-10(6-8-16)9-15(2)3/h10-11H,4-9,14H2,1-3H3. The van der Waals surface area contributed by atoms with Crippen LogP contribution in [0.4, 0.5) is 0 Å². The number of piperidine rings is 1. The first-order chi connectivity index (χ1) is 8.95. The molecule has 1 aliphatic rings. The predicted octanol–water partition coefficient (Wildman–Crippen LogP) is -0.323. The number of esters is 1. The molecule has 0 aromatic heterocycles. The van der Waals surface area contributed by atoms with E-state index >= 15 is 0 Å². The lowest BCUT2D eigenvalue weighted by Gasteiger charge is -2.34. The van der Waals surface area contributed by atoms with Gasteiger partial charge in [-0.2, -0.15) is 0 Å². The van der Waals surface area contributed by atoms with Crippen molar-refractivity contribution in [1.29, 1.82) is 0 Å². The summed E-state index contributed by atoms with van der Waals surface area (Å²) in [6.07, 6.45) is 1.92. The number of rotatable bonds is 5. The van der Waals surface area contributed by atoms with E-state index in [1.807, 2.05) is 14.1 Å². The molecule has 0 aromatic carbocycles. The van der Waals surface area contributed by atoms with E-state index in [2.05, 4.69) is 4.90 Å². The number of nitrogens with two attached hydrogens (primary N) is 1. The summed E-state index contributed by atoms with van der Waals surface area (Å²) in [4.78, 5) is 27.3. The largest absolute Gasteiger partial charge is 0.464 e. The van der Waals surface area contributed by atoms with E-state index in [4.69, 9.17) is 10.5 Å². The monoisotopic (exact) mass is 271 g/mol. The first-order valence-corrected chi connectivity index (χ1v) is 6.81. The van der Waals surface area contributed by atoms with Crippen LogP contribution in [0, 0.1) is 5.92 Å². The second-order valence-electron chi connectivity index (χ2n) is 5.26. The third-order valence-corrected chi connectivity index (χ3v) is 3.36. The van der Waals surface area contributed by atoms with Gasteiger partial charge < -0.3 is 20.3 Å². The Kier molecular flexibility index (Phi) is 6.24. The van der Waals surface area contributed by atoms with Crippen LogP contribution in [-0.4, -0.2) is 68.1 Å². The molecule has 6 heteroatoms. The van der Waals surface area contributed by atoms with Gasteiger partial charge >= 0.3 is 5.97 Å². The van der Waals surface area contributed by atoms with Gasteiger partial charge in [0.1, 0.15) is 0 Å². The number of nitrogens with zero attached hydrogens (tertiary/aromatic N) is 2. The Labute approximate surface area is 114 Å². The molecule has 110 valence electrons. The summed E-state index contributed by atoms with van der Waals surface area (Å²) < 4.78 is 4.77. The van der Waals surface area contributed by atoms with E-state index < -0.39 is 12.0 Å². The predicted molar refractivity (Wildman–Crippen MR) is 72.5 cm³/mol. The van der Waals surface area contributed by atoms with Crippen LogP contribution in [0.25, 0.3) is 0 Å². The third kappa shape index (κ3) is 4.80. The normalized spacial score (nSPS) is 18.5. The fraction of sp³-hybridized carbons (Fsp3) is 0.846. The molecular weight excluding hydrogens is 246 g/mol. The Morgan fingerprint density at radius 1 is 1.37 bits per heavy atom. The summed E-state index contributed by atoms with van der Waals surface area (Å²) in [6.45, 7) is 4.31. The highest BCUT2D eigenvalue weighted by molar-refractivity contribution is 6.01. The van der Waals surface area contributed by atoms with Crippen LogP contribution >= 0.6 is 0 Å². The van der Waals surface area contributed by atoms with Crippen molar-refractivity contribution in [3.63, 3.8) is 0 Å². The molecule has 1 fully saturated rings. The Morgan fingerprint density at radius 2 is 1.95 bits per heavy atom. The van der Waals surface area contributed by atoms with E-state index in [-0.39, 0.29) is 12.5 Å². The second kappa shape index (κ2) is 7.45. The molecule has 0 saturated carbocycles. The highest BCUT2D eigenvalue weighted by atomic mass is 16.5. The molecule has 0 aliphatic carbocycles. The van der Waals surface area contributed by atoms with Crippen molar-refractivity contribution in [1.82, 2.24) is 9.80 Å². The highest BCUT2D eigenvalue weighted by Crippen LogP contribution is 2.18. The molecule has 1 unspecified atom stereocenters. The van der Waals surface area contributed by atoms with E-state index in [0.29, 0.717) is 19.0 Å². The number of hydrogen-bond donors (Lipinski definition) is 1. The Hall–Kier alpha value is -1.14. The van der Waals surface area contributed by atoms with Gasteiger partial charge in [-0.25, -0.2) is 4.79 Å². The van der Waals surface area contributed by atoms with Crippen molar-refractivity contribution in [3.05, 3.63) is 0 Å². The van der Waals surface area contributed by atoms with Gasteiger partial charge in [0.05, 0.1) is 6.61 Å². The molecule has 0 spiro atoms. The van der Waals surface area contributed by atoms with Gasteiger partial charge in [0.15, 0.2) is 6.04 Å². The molecule has 1 rings (SSSR count). The molecule has 19 heavy (non-hydrogen) atoms. The average Bonchev–Trinajstić information content (AvgIpc) is 2.37. The zero-order chi connectivity index (χ0) is 14.4. The lowest BCUT2D eigenvalue weighted by Crippen LogP contribution is -2.51. The lowest BCUT2D eigenvalue weighted by atomic mass is 9.96. The zero-order valence-corrected chi connectivity index (χ0v) is 12.1. The van der Waals surface area contributed by atoms with E-state index in [1.54, 1.807) is 11.8 Å². The van der Waals surface area contributed by atoms with E-state index in [9.17, 15) is 9.59 Å². The molecule has 1 atom stereocenters. The number of amides is 1. The van der Waals surface area contributed by atoms with E-state index in [0.717, 1.165) is 19.4 Å². The minimum absolute atomic E-state index is 0.241. The van der Waals surface area contributed by atoms with Crippen molar-refractivity contribution >= 4 is 11.9 Å². The molecule has 0 radical (unpaired) electrons. The first-order valence-electron chi connectivity index (χ1n) is 6.81. The molecule has 2 N–H and O–H groups in total. The maximum absolute atomic E-state index is 12.0. The van der Waals surface area contributed by atoms with Crippen LogP contribution < -0.4 is 5.73 Å². The molecule has 0 bridgehead atoms. The summed E-state index contributed by atoms with van der Waals surface area (Å²) >= 11 is 0. The van der Waals surface area contributed by atoms with Gasteiger partial charge in [-0.3, -0.25) is 4.79 Å². The molecule has 1 aliphatic heterocycles. The quantitative estimate of drug-likeness (QED) is 0.548. The smallest absolute Gasteiger partial charge is 0.332 e. The van der Waals surface area contributed by atoms with Crippen LogP contribution in [0.2, 0.25) is 0 Å².